The van der Waals surface area contributed by atoms with E-state index in [-0.39, 0.29) is 5.91 Å². The zero-order valence-electron chi connectivity index (χ0n) is 20.6. The van der Waals surface area contributed by atoms with Gasteiger partial charge in [-0.25, -0.2) is 4.79 Å². The Labute approximate surface area is 225 Å². The summed E-state index contributed by atoms with van der Waals surface area (Å²) < 4.78 is 5.44. The highest BCUT2D eigenvalue weighted by atomic mass is 32.2. The van der Waals surface area contributed by atoms with E-state index in [0.29, 0.717) is 16.2 Å². The number of thioether (sulfide) groups is 1. The van der Waals surface area contributed by atoms with Crippen molar-refractivity contribution in [2.75, 3.05) is 31.1 Å². The second-order valence-corrected chi connectivity index (χ2v) is 10.1. The number of rotatable bonds is 4. The van der Waals surface area contributed by atoms with Gasteiger partial charge in [-0.3, -0.25) is 4.79 Å². The number of nitrogens with zero attached hydrogens (tertiary/aromatic N) is 3. The Morgan fingerprint density at radius 3 is 2.26 bits per heavy atom. The fourth-order valence-corrected chi connectivity index (χ4v) is 5.64. The fraction of sp³-hybridized carbons (Fsp3) is 0.129. The molecule has 1 saturated heterocycles. The molecule has 0 radical (unpaired) electrons. The summed E-state index contributed by atoms with van der Waals surface area (Å²) in [6.07, 6.45) is 1.83. The van der Waals surface area contributed by atoms with E-state index >= 15 is 0 Å². The Morgan fingerprint density at radius 1 is 0.789 bits per heavy atom. The summed E-state index contributed by atoms with van der Waals surface area (Å²) in [5.74, 6) is -0.176. The molecular formula is C31H25N3O3S. The van der Waals surface area contributed by atoms with E-state index in [9.17, 15) is 9.59 Å². The van der Waals surface area contributed by atoms with E-state index < -0.39 is 5.97 Å². The standard InChI is InChI=1S/C31H25N3O3S/c35-29-28(21-22-13-15-25(16-14-22)37-30(36)24-8-2-1-3-9-24)38-31(32-29)34-19-17-33(18-20-34)27-12-6-10-23-7-4-5-11-26(23)27/h1-16,21H,17-20H2. The van der Waals surface area contributed by atoms with Crippen LogP contribution in [0.4, 0.5) is 5.69 Å². The number of hydrogen-bond donors (Lipinski definition) is 0. The van der Waals surface area contributed by atoms with Crippen LogP contribution in [-0.4, -0.2) is 48.1 Å². The maximum atomic E-state index is 12.7. The van der Waals surface area contributed by atoms with E-state index in [1.807, 2.05) is 24.3 Å². The molecule has 6 rings (SSSR count). The van der Waals surface area contributed by atoms with Gasteiger partial charge in [-0.15, -0.1) is 0 Å². The SMILES string of the molecule is O=C1N=C(N2CCN(c3cccc4ccccc34)CC2)SC1=Cc1ccc(OC(=O)c2ccccc2)cc1. The zero-order chi connectivity index (χ0) is 25.9. The van der Waals surface area contributed by atoms with Crippen molar-refractivity contribution in [3.63, 3.8) is 0 Å². The van der Waals surface area contributed by atoms with E-state index in [2.05, 4.69) is 57.3 Å². The maximum Gasteiger partial charge on any atom is 0.343 e. The van der Waals surface area contributed by atoms with Crippen LogP contribution in [0.25, 0.3) is 16.8 Å². The van der Waals surface area contributed by atoms with Crippen LogP contribution < -0.4 is 9.64 Å². The highest BCUT2D eigenvalue weighted by molar-refractivity contribution is 8.18. The minimum atomic E-state index is -0.406. The molecule has 4 aromatic carbocycles. The van der Waals surface area contributed by atoms with Gasteiger partial charge in [0.05, 0.1) is 10.5 Å². The molecule has 0 atom stereocenters. The van der Waals surface area contributed by atoms with Crippen LogP contribution in [0.1, 0.15) is 15.9 Å². The summed E-state index contributed by atoms with van der Waals surface area (Å²) in [5.41, 5.74) is 2.59. The Kier molecular flexibility index (Phi) is 6.67. The first-order valence-electron chi connectivity index (χ1n) is 12.5. The summed E-state index contributed by atoms with van der Waals surface area (Å²) in [6.45, 7) is 3.34. The third kappa shape index (κ3) is 5.06. The van der Waals surface area contributed by atoms with Gasteiger partial charge in [-0.05, 0) is 59.1 Å². The maximum absolute atomic E-state index is 12.7. The number of amidine groups is 1. The smallest absolute Gasteiger partial charge is 0.343 e. The van der Waals surface area contributed by atoms with Crippen molar-refractivity contribution in [3.8, 4) is 5.75 Å². The second kappa shape index (κ2) is 10.6. The first-order valence-corrected chi connectivity index (χ1v) is 13.3. The first kappa shape index (κ1) is 24.0. The molecule has 0 spiro atoms. The molecule has 6 nitrogen and oxygen atoms in total. The van der Waals surface area contributed by atoms with Crippen molar-refractivity contribution in [2.45, 2.75) is 0 Å². The monoisotopic (exact) mass is 519 g/mol. The summed E-state index contributed by atoms with van der Waals surface area (Å²) in [5, 5.41) is 3.26. The number of benzene rings is 4. The number of aliphatic imine (C=N–C) groups is 1. The lowest BCUT2D eigenvalue weighted by Gasteiger charge is -2.37. The lowest BCUT2D eigenvalue weighted by molar-refractivity contribution is -0.113. The number of carbonyl (C=O) groups is 2. The largest absolute Gasteiger partial charge is 0.423 e. The normalized spacial score (nSPS) is 16.7. The van der Waals surface area contributed by atoms with Crippen LogP contribution in [0.3, 0.4) is 0 Å². The van der Waals surface area contributed by atoms with Gasteiger partial charge >= 0.3 is 5.97 Å². The molecule has 0 aliphatic carbocycles. The summed E-state index contributed by atoms with van der Waals surface area (Å²) >= 11 is 1.42. The quantitative estimate of drug-likeness (QED) is 0.191. The van der Waals surface area contributed by atoms with Crippen molar-refractivity contribution in [1.29, 1.82) is 0 Å². The number of hydrogen-bond acceptors (Lipinski definition) is 6. The number of fused-ring (bicyclic) bond motifs is 1. The molecule has 4 aromatic rings. The minimum absolute atomic E-state index is 0.221. The molecule has 188 valence electrons. The number of ether oxygens (including phenoxy) is 1. The number of amides is 1. The van der Waals surface area contributed by atoms with Crippen LogP contribution in [-0.2, 0) is 4.79 Å². The van der Waals surface area contributed by atoms with Crippen LogP contribution >= 0.6 is 11.8 Å². The summed E-state index contributed by atoms with van der Waals surface area (Å²) in [6, 6.07) is 30.9. The Balaban J connectivity index is 1.07. The predicted octanol–water partition coefficient (Wildman–Crippen LogP) is 5.85. The average molecular weight is 520 g/mol. The van der Waals surface area contributed by atoms with Gasteiger partial charge in [-0.1, -0.05) is 66.7 Å². The summed E-state index contributed by atoms with van der Waals surface area (Å²) in [4.78, 5) is 34.4. The van der Waals surface area contributed by atoms with E-state index in [1.165, 1.54) is 28.2 Å². The van der Waals surface area contributed by atoms with Gasteiger partial charge in [0.15, 0.2) is 5.17 Å². The van der Waals surface area contributed by atoms with E-state index in [0.717, 1.165) is 36.9 Å². The van der Waals surface area contributed by atoms with Gasteiger partial charge in [0.1, 0.15) is 5.75 Å². The number of esters is 1. The van der Waals surface area contributed by atoms with E-state index in [1.54, 1.807) is 36.4 Å². The molecule has 38 heavy (non-hydrogen) atoms. The molecule has 2 aliphatic heterocycles. The molecule has 0 N–H and O–H groups in total. The van der Waals surface area contributed by atoms with Crippen molar-refractivity contribution in [1.82, 2.24) is 4.90 Å². The molecule has 0 bridgehead atoms. The molecule has 1 amide bonds. The summed E-state index contributed by atoms with van der Waals surface area (Å²) in [7, 11) is 0. The Hall–Kier alpha value is -4.36. The third-order valence-electron chi connectivity index (χ3n) is 6.66. The van der Waals surface area contributed by atoms with Crippen LogP contribution in [0.15, 0.2) is 107 Å². The lowest BCUT2D eigenvalue weighted by atomic mass is 10.1. The number of piperazine rings is 1. The Bertz CT molecular complexity index is 1550. The topological polar surface area (TPSA) is 62.2 Å². The van der Waals surface area contributed by atoms with Gasteiger partial charge < -0.3 is 14.5 Å². The van der Waals surface area contributed by atoms with Gasteiger partial charge in [0.2, 0.25) is 0 Å². The third-order valence-corrected chi connectivity index (χ3v) is 7.71. The highest BCUT2D eigenvalue weighted by Gasteiger charge is 2.29. The van der Waals surface area contributed by atoms with Crippen molar-refractivity contribution in [2.24, 2.45) is 4.99 Å². The average Bonchev–Trinajstić information content (AvgIpc) is 3.34. The minimum Gasteiger partial charge on any atom is -0.423 e. The van der Waals surface area contributed by atoms with Gasteiger partial charge in [-0.2, -0.15) is 4.99 Å². The first-order chi connectivity index (χ1) is 18.6. The lowest BCUT2D eigenvalue weighted by Crippen LogP contribution is -2.47. The highest BCUT2D eigenvalue weighted by Crippen LogP contribution is 2.32. The molecule has 0 saturated carbocycles. The molecule has 0 unspecified atom stereocenters. The van der Waals surface area contributed by atoms with Crippen LogP contribution in [0.5, 0.6) is 5.75 Å². The molecule has 7 heteroatoms. The van der Waals surface area contributed by atoms with E-state index in [4.69, 9.17) is 4.74 Å². The number of anilines is 1. The molecular weight excluding hydrogens is 494 g/mol. The molecule has 1 fully saturated rings. The van der Waals surface area contributed by atoms with Crippen molar-refractivity contribution in [3.05, 3.63) is 113 Å². The Morgan fingerprint density at radius 2 is 1.47 bits per heavy atom. The van der Waals surface area contributed by atoms with Crippen molar-refractivity contribution >= 4 is 51.3 Å². The van der Waals surface area contributed by atoms with Crippen LogP contribution in [0, 0.1) is 0 Å². The predicted molar refractivity (Wildman–Crippen MR) is 154 cm³/mol. The molecule has 0 aromatic heterocycles. The number of carbonyl (C=O) groups excluding carboxylic acids is 2. The van der Waals surface area contributed by atoms with Gasteiger partial charge in [0.25, 0.3) is 5.91 Å². The zero-order valence-corrected chi connectivity index (χ0v) is 21.4. The molecule has 2 aliphatic rings. The van der Waals surface area contributed by atoms with Crippen molar-refractivity contribution < 1.29 is 14.3 Å². The molecule has 2 heterocycles. The van der Waals surface area contributed by atoms with Gasteiger partial charge in [0, 0.05) is 37.3 Å². The second-order valence-electron chi connectivity index (χ2n) is 9.11. The van der Waals surface area contributed by atoms with Crippen LogP contribution in [0.2, 0.25) is 0 Å². The fourth-order valence-electron chi connectivity index (χ4n) is 4.68.